The predicted molar refractivity (Wildman–Crippen MR) is 116 cm³/mol. The van der Waals surface area contributed by atoms with Gasteiger partial charge >= 0.3 is 0 Å². The SMILES string of the molecule is Cc1cc(C(=O)N2CCCC(CNC(=O)c3ccncc3Cl)C2)ccc1-n1cncn1. The molecule has 3 aromatic rings. The largest absolute Gasteiger partial charge is 0.352 e. The summed E-state index contributed by atoms with van der Waals surface area (Å²) in [6.45, 7) is 3.76. The van der Waals surface area contributed by atoms with E-state index in [1.54, 1.807) is 17.1 Å². The molecule has 8 nitrogen and oxygen atoms in total. The molecule has 0 bridgehead atoms. The van der Waals surface area contributed by atoms with E-state index in [1.165, 1.54) is 18.7 Å². The highest BCUT2D eigenvalue weighted by atomic mass is 35.5. The second kappa shape index (κ2) is 9.26. The van der Waals surface area contributed by atoms with Crippen LogP contribution in [0.25, 0.3) is 5.69 Å². The number of nitrogens with zero attached hydrogens (tertiary/aromatic N) is 5. The van der Waals surface area contributed by atoms with Gasteiger partial charge in [0, 0.05) is 37.6 Å². The molecule has 0 radical (unpaired) electrons. The topological polar surface area (TPSA) is 93.0 Å². The average molecular weight is 439 g/mol. The van der Waals surface area contributed by atoms with E-state index in [4.69, 9.17) is 11.6 Å². The van der Waals surface area contributed by atoms with E-state index in [9.17, 15) is 9.59 Å². The summed E-state index contributed by atoms with van der Waals surface area (Å²) in [5.41, 5.74) is 2.90. The number of nitrogens with one attached hydrogen (secondary N) is 1. The number of hydrogen-bond acceptors (Lipinski definition) is 5. The van der Waals surface area contributed by atoms with Gasteiger partial charge < -0.3 is 10.2 Å². The van der Waals surface area contributed by atoms with Crippen molar-refractivity contribution < 1.29 is 9.59 Å². The number of likely N-dealkylation sites (tertiary alicyclic amines) is 1. The molecule has 2 aromatic heterocycles. The van der Waals surface area contributed by atoms with Crippen LogP contribution in [0.3, 0.4) is 0 Å². The standard InChI is InChI=1S/C22H23ClN6O2/c1-15-9-17(4-5-20(15)29-14-25-13-27-29)22(31)28-8-2-3-16(12-28)10-26-21(30)18-6-7-24-11-19(18)23/h4-7,9,11,13-14,16H,2-3,8,10,12H2,1H3,(H,26,30). The van der Waals surface area contributed by atoms with Crippen molar-refractivity contribution in [3.05, 3.63) is 71.0 Å². The van der Waals surface area contributed by atoms with Gasteiger partial charge in [0.2, 0.25) is 0 Å². The van der Waals surface area contributed by atoms with E-state index >= 15 is 0 Å². The van der Waals surface area contributed by atoms with Crippen molar-refractivity contribution in [2.24, 2.45) is 5.92 Å². The van der Waals surface area contributed by atoms with Crippen molar-refractivity contribution in [2.75, 3.05) is 19.6 Å². The van der Waals surface area contributed by atoms with Crippen LogP contribution in [0.2, 0.25) is 5.02 Å². The molecule has 160 valence electrons. The number of pyridine rings is 1. The van der Waals surface area contributed by atoms with Gasteiger partial charge in [0.15, 0.2) is 0 Å². The van der Waals surface area contributed by atoms with Crippen molar-refractivity contribution in [1.82, 2.24) is 30.0 Å². The van der Waals surface area contributed by atoms with Crippen LogP contribution in [0.5, 0.6) is 0 Å². The number of piperidine rings is 1. The molecule has 1 aromatic carbocycles. The Hall–Kier alpha value is -3.26. The van der Waals surface area contributed by atoms with Gasteiger partial charge in [-0.25, -0.2) is 9.67 Å². The van der Waals surface area contributed by atoms with Gasteiger partial charge in [-0.3, -0.25) is 14.6 Å². The summed E-state index contributed by atoms with van der Waals surface area (Å²) in [5, 5.41) is 7.41. The maximum atomic E-state index is 13.1. The molecular formula is C22H23ClN6O2. The summed E-state index contributed by atoms with van der Waals surface area (Å²) < 4.78 is 1.68. The first kappa shape index (κ1) is 21.0. The summed E-state index contributed by atoms with van der Waals surface area (Å²) in [6.07, 6.45) is 7.96. The van der Waals surface area contributed by atoms with Gasteiger partial charge in [0.25, 0.3) is 11.8 Å². The van der Waals surface area contributed by atoms with Crippen LogP contribution in [0, 0.1) is 12.8 Å². The van der Waals surface area contributed by atoms with E-state index in [1.807, 2.05) is 30.0 Å². The van der Waals surface area contributed by atoms with Crippen LogP contribution in [0.1, 0.15) is 39.1 Å². The third-order valence-corrected chi connectivity index (χ3v) is 5.79. The van der Waals surface area contributed by atoms with Crippen LogP contribution < -0.4 is 5.32 Å². The van der Waals surface area contributed by atoms with Crippen LogP contribution >= 0.6 is 11.6 Å². The molecule has 0 aliphatic carbocycles. The monoisotopic (exact) mass is 438 g/mol. The van der Waals surface area contributed by atoms with Crippen LogP contribution in [-0.4, -0.2) is 56.1 Å². The minimum Gasteiger partial charge on any atom is -0.352 e. The third-order valence-electron chi connectivity index (χ3n) is 5.48. The predicted octanol–water partition coefficient (Wildman–Crippen LogP) is 2.91. The number of aryl methyl sites for hydroxylation is 1. The molecule has 31 heavy (non-hydrogen) atoms. The lowest BCUT2D eigenvalue weighted by atomic mass is 9.97. The minimum absolute atomic E-state index is 0.00134. The van der Waals surface area contributed by atoms with Gasteiger partial charge in [-0.1, -0.05) is 11.6 Å². The van der Waals surface area contributed by atoms with Gasteiger partial charge in [-0.05, 0) is 55.5 Å². The number of amides is 2. The lowest BCUT2D eigenvalue weighted by Gasteiger charge is -2.33. The average Bonchev–Trinajstić information content (AvgIpc) is 3.32. The molecule has 1 atom stereocenters. The normalized spacial score (nSPS) is 16.2. The molecule has 1 aliphatic rings. The summed E-state index contributed by atoms with van der Waals surface area (Å²) in [5.74, 6) is -0.0330. The van der Waals surface area contributed by atoms with Crippen molar-refractivity contribution >= 4 is 23.4 Å². The highest BCUT2D eigenvalue weighted by Gasteiger charge is 2.25. The number of rotatable bonds is 5. The summed E-state index contributed by atoms with van der Waals surface area (Å²) in [6, 6.07) is 7.19. The van der Waals surface area contributed by atoms with Crippen molar-refractivity contribution in [3.63, 3.8) is 0 Å². The number of carbonyl (C=O) groups is 2. The Labute approximate surface area is 185 Å². The zero-order chi connectivity index (χ0) is 21.8. The molecule has 1 aliphatic heterocycles. The first-order valence-corrected chi connectivity index (χ1v) is 10.5. The Balaban J connectivity index is 1.38. The van der Waals surface area contributed by atoms with Crippen LogP contribution in [-0.2, 0) is 0 Å². The third kappa shape index (κ3) is 4.74. The van der Waals surface area contributed by atoms with E-state index in [2.05, 4.69) is 20.4 Å². The summed E-state index contributed by atoms with van der Waals surface area (Å²) in [4.78, 5) is 35.2. The van der Waals surface area contributed by atoms with E-state index < -0.39 is 0 Å². The number of aromatic nitrogens is 4. The Kier molecular flexibility index (Phi) is 6.27. The molecule has 3 heterocycles. The zero-order valence-electron chi connectivity index (χ0n) is 17.2. The number of halogens is 1. The molecule has 2 amide bonds. The van der Waals surface area contributed by atoms with Gasteiger partial charge in [0.1, 0.15) is 12.7 Å². The van der Waals surface area contributed by atoms with E-state index in [-0.39, 0.29) is 17.7 Å². The lowest BCUT2D eigenvalue weighted by molar-refractivity contribution is 0.0671. The molecule has 0 saturated carbocycles. The van der Waals surface area contributed by atoms with E-state index in [0.29, 0.717) is 35.8 Å². The Morgan fingerprint density at radius 1 is 1.26 bits per heavy atom. The lowest BCUT2D eigenvalue weighted by Crippen LogP contribution is -2.43. The number of benzene rings is 1. The van der Waals surface area contributed by atoms with Gasteiger partial charge in [0.05, 0.1) is 16.3 Å². The Bertz CT molecular complexity index is 1090. The minimum atomic E-state index is -0.227. The maximum absolute atomic E-state index is 13.1. The number of hydrogen-bond donors (Lipinski definition) is 1. The number of carbonyl (C=O) groups excluding carboxylic acids is 2. The highest BCUT2D eigenvalue weighted by Crippen LogP contribution is 2.21. The van der Waals surface area contributed by atoms with Crippen molar-refractivity contribution in [3.8, 4) is 5.69 Å². The second-order valence-corrected chi connectivity index (χ2v) is 8.07. The van der Waals surface area contributed by atoms with Crippen molar-refractivity contribution in [1.29, 1.82) is 0 Å². The fourth-order valence-electron chi connectivity index (χ4n) is 3.87. The molecule has 0 spiro atoms. The van der Waals surface area contributed by atoms with Gasteiger partial charge in [-0.2, -0.15) is 5.10 Å². The second-order valence-electron chi connectivity index (χ2n) is 7.67. The maximum Gasteiger partial charge on any atom is 0.253 e. The summed E-state index contributed by atoms with van der Waals surface area (Å²) in [7, 11) is 0. The fraction of sp³-hybridized carbons (Fsp3) is 0.318. The molecular weight excluding hydrogens is 416 g/mol. The fourth-order valence-corrected chi connectivity index (χ4v) is 4.07. The van der Waals surface area contributed by atoms with Gasteiger partial charge in [-0.15, -0.1) is 0 Å². The van der Waals surface area contributed by atoms with Crippen LogP contribution in [0.4, 0.5) is 0 Å². The Morgan fingerprint density at radius 3 is 2.87 bits per heavy atom. The molecule has 4 rings (SSSR count). The van der Waals surface area contributed by atoms with E-state index in [0.717, 1.165) is 24.1 Å². The smallest absolute Gasteiger partial charge is 0.253 e. The molecule has 1 fully saturated rings. The Morgan fingerprint density at radius 2 is 2.13 bits per heavy atom. The van der Waals surface area contributed by atoms with Crippen LogP contribution in [0.15, 0.2) is 49.3 Å². The van der Waals surface area contributed by atoms with Crippen molar-refractivity contribution in [2.45, 2.75) is 19.8 Å². The molecule has 9 heteroatoms. The first-order chi connectivity index (χ1) is 15.0. The molecule has 1 saturated heterocycles. The molecule has 1 N–H and O–H groups in total. The molecule has 1 unspecified atom stereocenters. The summed E-state index contributed by atoms with van der Waals surface area (Å²) >= 11 is 6.04. The first-order valence-electron chi connectivity index (χ1n) is 10.2. The quantitative estimate of drug-likeness (QED) is 0.661. The zero-order valence-corrected chi connectivity index (χ0v) is 17.9. The highest BCUT2D eigenvalue weighted by molar-refractivity contribution is 6.33.